The number of fused-ring (bicyclic) bond motifs is 2. The highest BCUT2D eigenvalue weighted by Crippen LogP contribution is 2.59. The molecule has 13 heteroatoms. The Morgan fingerprint density at radius 2 is 1.86 bits per heavy atom. The van der Waals surface area contributed by atoms with Crippen molar-refractivity contribution >= 4 is 50.4 Å². The number of likely N-dealkylation sites (tertiary alicyclic amines) is 1. The maximum atomic E-state index is 13.9. The van der Waals surface area contributed by atoms with Crippen LogP contribution in [0.3, 0.4) is 0 Å². The summed E-state index contributed by atoms with van der Waals surface area (Å²) in [6.07, 6.45) is 4.85. The summed E-state index contributed by atoms with van der Waals surface area (Å²) in [5.41, 5.74) is 8.73. The first-order chi connectivity index (χ1) is 20.6. The number of pyridine rings is 1. The number of nitrogens with two attached hydrogens (primary N) is 1. The van der Waals surface area contributed by atoms with E-state index in [9.17, 15) is 14.4 Å². The van der Waals surface area contributed by atoms with Crippen molar-refractivity contribution in [2.45, 2.75) is 52.2 Å². The summed E-state index contributed by atoms with van der Waals surface area (Å²) in [6.45, 7) is 6.22. The highest BCUT2D eigenvalue weighted by Gasteiger charge is 2.64. The molecule has 2 fully saturated rings. The summed E-state index contributed by atoms with van der Waals surface area (Å²) in [6, 6.07) is 8.58. The molecule has 0 radical (unpaired) electrons. The number of piperidine rings is 1. The number of halogens is 1. The van der Waals surface area contributed by atoms with Crippen molar-refractivity contribution in [3.63, 3.8) is 0 Å². The van der Waals surface area contributed by atoms with Gasteiger partial charge in [-0.15, -0.1) is 0 Å². The minimum atomic E-state index is -0.640. The fourth-order valence-electron chi connectivity index (χ4n) is 5.86. The molecule has 1 aliphatic carbocycles. The van der Waals surface area contributed by atoms with Crippen LogP contribution < -0.4 is 16.4 Å². The fourth-order valence-corrected chi connectivity index (χ4v) is 6.17. The van der Waals surface area contributed by atoms with Crippen molar-refractivity contribution < 1.29 is 14.4 Å². The largest absolute Gasteiger partial charge is 0.349 e. The van der Waals surface area contributed by atoms with Crippen LogP contribution >= 0.6 is 15.9 Å². The SMILES string of the molecule is Cc1ncc(-c2ccc3c(c2)c(C(=O)NCCN)nn3CC(=O)N2[C@H](C(=O)Nc3nc(Br)ccc3C)C[C@@]3(C)C[C@@H]23)cn1. The Balaban J connectivity index is 1.30. The molecule has 4 aromatic rings. The molecule has 3 atom stereocenters. The fraction of sp³-hybridized carbons (Fsp3) is 0.367. The molecule has 1 saturated carbocycles. The molecule has 1 saturated heterocycles. The molecule has 3 aromatic heterocycles. The van der Waals surface area contributed by atoms with Crippen LogP contribution in [0.25, 0.3) is 22.0 Å². The van der Waals surface area contributed by atoms with Gasteiger partial charge in [0.05, 0.1) is 5.52 Å². The van der Waals surface area contributed by atoms with Gasteiger partial charge >= 0.3 is 0 Å². The van der Waals surface area contributed by atoms with E-state index in [0.717, 1.165) is 23.1 Å². The smallest absolute Gasteiger partial charge is 0.272 e. The van der Waals surface area contributed by atoms with Gasteiger partial charge < -0.3 is 21.3 Å². The van der Waals surface area contributed by atoms with Gasteiger partial charge in [0, 0.05) is 42.5 Å². The second-order valence-corrected chi connectivity index (χ2v) is 12.3. The third-order valence-corrected chi connectivity index (χ3v) is 8.77. The zero-order valence-corrected chi connectivity index (χ0v) is 25.7. The monoisotopic (exact) mass is 645 g/mol. The number of hydrogen-bond acceptors (Lipinski definition) is 8. The molecular weight excluding hydrogens is 614 g/mol. The molecule has 0 spiro atoms. The van der Waals surface area contributed by atoms with Gasteiger partial charge in [0.25, 0.3) is 5.91 Å². The number of nitrogens with zero attached hydrogens (tertiary/aromatic N) is 6. The van der Waals surface area contributed by atoms with Gasteiger partial charge in [0.2, 0.25) is 11.8 Å². The molecule has 6 rings (SSSR count). The summed E-state index contributed by atoms with van der Waals surface area (Å²) in [5.74, 6) is 0.219. The predicted octanol–water partition coefficient (Wildman–Crippen LogP) is 2.97. The normalized spacial score (nSPS) is 20.6. The van der Waals surface area contributed by atoms with Crippen LogP contribution in [0.4, 0.5) is 5.82 Å². The van der Waals surface area contributed by atoms with E-state index >= 15 is 0 Å². The first-order valence-electron chi connectivity index (χ1n) is 14.1. The molecule has 2 aliphatic rings. The summed E-state index contributed by atoms with van der Waals surface area (Å²) >= 11 is 3.36. The second-order valence-electron chi connectivity index (χ2n) is 11.5. The summed E-state index contributed by atoms with van der Waals surface area (Å²) in [5, 5.41) is 10.9. The Morgan fingerprint density at radius 1 is 1.09 bits per heavy atom. The Hall–Kier alpha value is -4.23. The molecule has 43 heavy (non-hydrogen) atoms. The quantitative estimate of drug-likeness (QED) is 0.246. The van der Waals surface area contributed by atoms with Crippen LogP contribution in [0.1, 0.15) is 41.6 Å². The molecule has 3 amide bonds. The Kier molecular flexibility index (Phi) is 7.46. The van der Waals surface area contributed by atoms with Gasteiger partial charge in [-0.3, -0.25) is 19.1 Å². The highest BCUT2D eigenvalue weighted by molar-refractivity contribution is 9.10. The van der Waals surface area contributed by atoms with Gasteiger partial charge in [-0.1, -0.05) is 19.1 Å². The Labute approximate surface area is 256 Å². The van der Waals surface area contributed by atoms with Crippen LogP contribution in [-0.4, -0.2) is 72.5 Å². The van der Waals surface area contributed by atoms with Crippen molar-refractivity contribution in [2.24, 2.45) is 11.1 Å². The van der Waals surface area contributed by atoms with E-state index in [0.29, 0.717) is 33.6 Å². The van der Waals surface area contributed by atoms with Gasteiger partial charge in [-0.2, -0.15) is 5.10 Å². The number of hydrogen-bond donors (Lipinski definition) is 3. The van der Waals surface area contributed by atoms with Crippen molar-refractivity contribution in [3.05, 3.63) is 64.4 Å². The predicted molar refractivity (Wildman–Crippen MR) is 164 cm³/mol. The van der Waals surface area contributed by atoms with Crippen LogP contribution in [0, 0.1) is 19.3 Å². The minimum absolute atomic E-state index is 0.0328. The van der Waals surface area contributed by atoms with Crippen LogP contribution in [0.5, 0.6) is 0 Å². The Bertz CT molecular complexity index is 1760. The zero-order valence-electron chi connectivity index (χ0n) is 24.1. The van der Waals surface area contributed by atoms with Gasteiger partial charge in [0.15, 0.2) is 5.69 Å². The van der Waals surface area contributed by atoms with Crippen LogP contribution in [0.2, 0.25) is 0 Å². The number of anilines is 1. The molecule has 4 N–H and O–H groups in total. The van der Waals surface area contributed by atoms with Crippen molar-refractivity contribution in [3.8, 4) is 11.1 Å². The molecule has 4 heterocycles. The number of nitrogens with one attached hydrogen (secondary N) is 2. The summed E-state index contributed by atoms with van der Waals surface area (Å²) < 4.78 is 2.15. The lowest BCUT2D eigenvalue weighted by molar-refractivity contribution is -0.138. The van der Waals surface area contributed by atoms with Crippen molar-refractivity contribution in [2.75, 3.05) is 18.4 Å². The van der Waals surface area contributed by atoms with E-state index in [1.54, 1.807) is 17.3 Å². The van der Waals surface area contributed by atoms with E-state index in [4.69, 9.17) is 5.73 Å². The standard InChI is InChI=1S/C30H32BrN9O3/c1-16-4-7-24(31)36-27(16)37-28(42)22-11-30(3)12-23(30)40(22)25(41)15-39-21-6-5-18(19-13-34-17(2)35-14-19)10-20(21)26(38-39)29(43)33-9-8-32/h4-7,10,13-14,22-23H,8-9,11-12,15,32H2,1-3H3,(H,33,43)(H,36,37,42)/t22-,23+,30-/m0/s1. The van der Waals surface area contributed by atoms with E-state index in [-0.39, 0.29) is 54.5 Å². The lowest BCUT2D eigenvalue weighted by atomic mass is 10.0. The van der Waals surface area contributed by atoms with Crippen LogP contribution in [0.15, 0.2) is 47.3 Å². The topological polar surface area (TPSA) is 161 Å². The van der Waals surface area contributed by atoms with E-state index < -0.39 is 6.04 Å². The van der Waals surface area contributed by atoms with Gasteiger partial charge in [0.1, 0.15) is 28.8 Å². The number of rotatable bonds is 8. The lowest BCUT2D eigenvalue weighted by Gasteiger charge is -2.27. The van der Waals surface area contributed by atoms with E-state index in [2.05, 4.69) is 53.5 Å². The zero-order chi connectivity index (χ0) is 30.5. The van der Waals surface area contributed by atoms with E-state index in [1.165, 1.54) is 4.68 Å². The maximum Gasteiger partial charge on any atom is 0.272 e. The summed E-state index contributed by atoms with van der Waals surface area (Å²) in [7, 11) is 0. The van der Waals surface area contributed by atoms with Crippen LogP contribution in [-0.2, 0) is 16.1 Å². The second kappa shape index (κ2) is 11.1. The molecule has 0 unspecified atom stereocenters. The third kappa shape index (κ3) is 5.50. The lowest BCUT2D eigenvalue weighted by Crippen LogP contribution is -2.47. The molecule has 0 bridgehead atoms. The van der Waals surface area contributed by atoms with E-state index in [1.807, 2.05) is 44.2 Å². The number of benzene rings is 1. The maximum absolute atomic E-state index is 13.9. The van der Waals surface area contributed by atoms with Crippen molar-refractivity contribution in [1.29, 1.82) is 0 Å². The molecule has 1 aromatic carbocycles. The first kappa shape index (κ1) is 28.9. The average molecular weight is 647 g/mol. The first-order valence-corrected chi connectivity index (χ1v) is 14.9. The minimum Gasteiger partial charge on any atom is -0.349 e. The van der Waals surface area contributed by atoms with Gasteiger partial charge in [-0.05, 0) is 77.4 Å². The number of aromatic nitrogens is 5. The Morgan fingerprint density at radius 3 is 2.60 bits per heavy atom. The number of aryl methyl sites for hydroxylation is 2. The molecule has 1 aliphatic heterocycles. The average Bonchev–Trinajstić information content (AvgIpc) is 3.35. The number of carbonyl (C=O) groups is 3. The molecule has 222 valence electrons. The molecular formula is C30H32BrN9O3. The van der Waals surface area contributed by atoms with Crippen molar-refractivity contribution in [1.82, 2.24) is 34.9 Å². The highest BCUT2D eigenvalue weighted by atomic mass is 79.9. The number of amides is 3. The summed E-state index contributed by atoms with van der Waals surface area (Å²) in [4.78, 5) is 55.2. The van der Waals surface area contributed by atoms with Gasteiger partial charge in [-0.25, -0.2) is 15.0 Å². The third-order valence-electron chi connectivity index (χ3n) is 8.33. The molecule has 12 nitrogen and oxygen atoms in total. The number of carbonyl (C=O) groups excluding carboxylic acids is 3.